The first-order valence-electron chi connectivity index (χ1n) is 9.45. The molecule has 152 valence electrons. The molecule has 8 heteroatoms. The van der Waals surface area contributed by atoms with Crippen molar-refractivity contribution in [2.24, 2.45) is 5.92 Å². The Hall–Kier alpha value is -2.93. The van der Waals surface area contributed by atoms with Crippen LogP contribution in [-0.2, 0) is 9.59 Å². The van der Waals surface area contributed by atoms with Crippen LogP contribution in [0, 0.1) is 5.92 Å². The molecule has 7 nitrogen and oxygen atoms in total. The zero-order chi connectivity index (χ0) is 20.2. The molecule has 2 aliphatic heterocycles. The molecule has 2 aromatic carbocycles. The van der Waals surface area contributed by atoms with Crippen LogP contribution in [0.4, 0.5) is 5.69 Å². The number of rotatable bonds is 5. The Kier molecular flexibility index (Phi) is 5.76. The molecule has 0 spiro atoms. The first-order chi connectivity index (χ1) is 14.1. The Morgan fingerprint density at radius 2 is 1.90 bits per heavy atom. The monoisotopic (exact) mass is 416 g/mol. The number of amides is 2. The van der Waals surface area contributed by atoms with Crippen molar-refractivity contribution < 1.29 is 23.8 Å². The first kappa shape index (κ1) is 19.4. The third-order valence-electron chi connectivity index (χ3n) is 5.02. The van der Waals surface area contributed by atoms with Gasteiger partial charge in [-0.05, 0) is 43.2 Å². The van der Waals surface area contributed by atoms with Gasteiger partial charge < -0.3 is 24.4 Å². The van der Waals surface area contributed by atoms with E-state index in [9.17, 15) is 9.59 Å². The zero-order valence-electron chi connectivity index (χ0n) is 15.7. The van der Waals surface area contributed by atoms with Crippen molar-refractivity contribution in [2.45, 2.75) is 12.8 Å². The molecular formula is C21H21ClN2O5. The Balaban J connectivity index is 1.24. The number of piperidine rings is 1. The van der Waals surface area contributed by atoms with Gasteiger partial charge in [-0.15, -0.1) is 0 Å². The fourth-order valence-corrected chi connectivity index (χ4v) is 3.58. The highest BCUT2D eigenvalue weighted by Crippen LogP contribution is 2.34. The molecule has 0 radical (unpaired) electrons. The third-order valence-corrected chi connectivity index (χ3v) is 5.25. The quantitative estimate of drug-likeness (QED) is 0.809. The Labute approximate surface area is 173 Å². The number of nitrogens with zero attached hydrogens (tertiary/aromatic N) is 1. The molecule has 2 amide bonds. The molecule has 0 bridgehead atoms. The lowest BCUT2D eigenvalue weighted by atomic mass is 9.95. The van der Waals surface area contributed by atoms with E-state index >= 15 is 0 Å². The van der Waals surface area contributed by atoms with E-state index in [1.54, 1.807) is 47.4 Å². The van der Waals surface area contributed by atoms with Gasteiger partial charge in [-0.2, -0.15) is 0 Å². The maximum Gasteiger partial charge on any atom is 0.260 e. The molecular weight excluding hydrogens is 396 g/mol. The van der Waals surface area contributed by atoms with Gasteiger partial charge in [0.15, 0.2) is 18.1 Å². The molecule has 2 heterocycles. The normalized spacial score (nSPS) is 15.8. The van der Waals surface area contributed by atoms with Gasteiger partial charge in [0.1, 0.15) is 5.75 Å². The number of benzene rings is 2. The Morgan fingerprint density at radius 3 is 2.69 bits per heavy atom. The summed E-state index contributed by atoms with van der Waals surface area (Å²) in [6.07, 6.45) is 1.22. The minimum Gasteiger partial charge on any atom is -0.484 e. The highest BCUT2D eigenvalue weighted by atomic mass is 35.5. The van der Waals surface area contributed by atoms with E-state index in [1.807, 2.05) is 0 Å². The first-order valence-corrected chi connectivity index (χ1v) is 9.83. The van der Waals surface area contributed by atoms with Crippen LogP contribution >= 0.6 is 11.6 Å². The number of nitrogens with one attached hydrogen (secondary N) is 1. The number of ether oxygens (including phenoxy) is 3. The number of carbonyl (C=O) groups excluding carboxylic acids is 2. The summed E-state index contributed by atoms with van der Waals surface area (Å²) in [7, 11) is 0. The minimum absolute atomic E-state index is 0.0472. The Bertz CT molecular complexity index is 912. The molecule has 4 rings (SSSR count). The van der Waals surface area contributed by atoms with Crippen molar-refractivity contribution in [1.29, 1.82) is 0 Å². The summed E-state index contributed by atoms with van der Waals surface area (Å²) < 4.78 is 16.1. The van der Waals surface area contributed by atoms with Crippen molar-refractivity contribution in [2.75, 3.05) is 31.8 Å². The zero-order valence-corrected chi connectivity index (χ0v) is 16.5. The number of likely N-dealkylation sites (tertiary alicyclic amines) is 1. The lowest BCUT2D eigenvalue weighted by Crippen LogP contribution is -2.43. The van der Waals surface area contributed by atoms with Crippen LogP contribution < -0.4 is 19.5 Å². The largest absolute Gasteiger partial charge is 0.484 e. The molecule has 0 atom stereocenters. The summed E-state index contributed by atoms with van der Waals surface area (Å²) in [5.41, 5.74) is 0.674. The van der Waals surface area contributed by atoms with Gasteiger partial charge in [0, 0.05) is 35.8 Å². The van der Waals surface area contributed by atoms with E-state index in [4.69, 9.17) is 25.8 Å². The van der Waals surface area contributed by atoms with Gasteiger partial charge in [0.25, 0.3) is 5.91 Å². The molecule has 0 aromatic heterocycles. The summed E-state index contributed by atoms with van der Waals surface area (Å²) in [5.74, 6) is 1.57. The summed E-state index contributed by atoms with van der Waals surface area (Å²) in [4.78, 5) is 26.7. The lowest BCUT2D eigenvalue weighted by molar-refractivity contribution is -0.136. The molecule has 1 saturated heterocycles. The second-order valence-electron chi connectivity index (χ2n) is 6.96. The second kappa shape index (κ2) is 8.61. The van der Waals surface area contributed by atoms with Crippen LogP contribution in [-0.4, -0.2) is 43.2 Å². The Morgan fingerprint density at radius 1 is 1.10 bits per heavy atom. The van der Waals surface area contributed by atoms with E-state index in [2.05, 4.69) is 5.32 Å². The van der Waals surface area contributed by atoms with Crippen LogP contribution in [0.1, 0.15) is 12.8 Å². The van der Waals surface area contributed by atoms with Crippen molar-refractivity contribution in [1.82, 2.24) is 4.90 Å². The number of fused-ring (bicyclic) bond motifs is 1. The maximum absolute atomic E-state index is 12.6. The number of hydrogen-bond donors (Lipinski definition) is 1. The summed E-state index contributed by atoms with van der Waals surface area (Å²) >= 11 is 5.91. The molecule has 1 N–H and O–H groups in total. The molecule has 0 saturated carbocycles. The van der Waals surface area contributed by atoms with E-state index < -0.39 is 0 Å². The molecule has 29 heavy (non-hydrogen) atoms. The maximum atomic E-state index is 12.6. The van der Waals surface area contributed by atoms with Crippen LogP contribution in [0.5, 0.6) is 17.2 Å². The van der Waals surface area contributed by atoms with Crippen LogP contribution in [0.25, 0.3) is 0 Å². The molecule has 1 fully saturated rings. The van der Waals surface area contributed by atoms with Crippen molar-refractivity contribution in [3.63, 3.8) is 0 Å². The van der Waals surface area contributed by atoms with Gasteiger partial charge in [0.05, 0.1) is 0 Å². The standard InChI is InChI=1S/C21H21ClN2O5/c22-15-2-1-3-17(10-15)27-12-20(25)24-8-6-14(7-9-24)21(26)23-16-4-5-18-19(11-16)29-13-28-18/h1-5,10-11,14H,6-9,12-13H2,(H,23,26). The number of halogens is 1. The average molecular weight is 417 g/mol. The van der Waals surface area contributed by atoms with E-state index in [0.29, 0.717) is 53.9 Å². The van der Waals surface area contributed by atoms with E-state index in [-0.39, 0.29) is 31.1 Å². The topological polar surface area (TPSA) is 77.1 Å². The summed E-state index contributed by atoms with van der Waals surface area (Å²) in [5, 5.41) is 3.48. The van der Waals surface area contributed by atoms with Gasteiger partial charge >= 0.3 is 0 Å². The third kappa shape index (κ3) is 4.74. The fourth-order valence-electron chi connectivity index (χ4n) is 3.40. The van der Waals surface area contributed by atoms with Crippen LogP contribution in [0.2, 0.25) is 5.02 Å². The summed E-state index contributed by atoms with van der Waals surface area (Å²) in [6, 6.07) is 12.3. The van der Waals surface area contributed by atoms with Gasteiger partial charge in [-0.3, -0.25) is 9.59 Å². The lowest BCUT2D eigenvalue weighted by Gasteiger charge is -2.31. The van der Waals surface area contributed by atoms with Gasteiger partial charge in [-0.25, -0.2) is 0 Å². The van der Waals surface area contributed by atoms with Crippen LogP contribution in [0.3, 0.4) is 0 Å². The number of anilines is 1. The smallest absolute Gasteiger partial charge is 0.260 e. The minimum atomic E-state index is -0.140. The molecule has 0 unspecified atom stereocenters. The average Bonchev–Trinajstić information content (AvgIpc) is 3.20. The van der Waals surface area contributed by atoms with Crippen molar-refractivity contribution in [3.8, 4) is 17.2 Å². The van der Waals surface area contributed by atoms with Crippen molar-refractivity contribution in [3.05, 3.63) is 47.5 Å². The predicted molar refractivity (Wildman–Crippen MR) is 107 cm³/mol. The highest BCUT2D eigenvalue weighted by molar-refractivity contribution is 6.30. The van der Waals surface area contributed by atoms with E-state index in [0.717, 1.165) is 0 Å². The van der Waals surface area contributed by atoms with E-state index in [1.165, 1.54) is 0 Å². The van der Waals surface area contributed by atoms with Gasteiger partial charge in [-0.1, -0.05) is 17.7 Å². The number of carbonyl (C=O) groups is 2. The number of hydrogen-bond acceptors (Lipinski definition) is 5. The molecule has 2 aliphatic rings. The molecule has 0 aliphatic carbocycles. The van der Waals surface area contributed by atoms with Crippen LogP contribution in [0.15, 0.2) is 42.5 Å². The predicted octanol–water partition coefficient (Wildman–Crippen LogP) is 3.32. The summed E-state index contributed by atoms with van der Waals surface area (Å²) in [6.45, 7) is 1.20. The fraction of sp³-hybridized carbons (Fsp3) is 0.333. The van der Waals surface area contributed by atoms with Gasteiger partial charge in [0.2, 0.25) is 12.7 Å². The highest BCUT2D eigenvalue weighted by Gasteiger charge is 2.28. The second-order valence-corrected chi connectivity index (χ2v) is 7.39. The SMILES string of the molecule is O=C(Nc1ccc2c(c1)OCO2)C1CCN(C(=O)COc2cccc(Cl)c2)CC1. The molecule has 2 aromatic rings. The van der Waals surface area contributed by atoms with Crippen molar-refractivity contribution >= 4 is 29.1 Å².